The minimum absolute atomic E-state index is 0.104. The number of aromatic amines is 1. The maximum absolute atomic E-state index is 12.9. The second-order valence-electron chi connectivity index (χ2n) is 10.3. The van der Waals surface area contributed by atoms with Gasteiger partial charge in [-0.05, 0) is 42.2 Å². The smallest absolute Gasteiger partial charge is 0.356 e. The molecule has 1 aliphatic carbocycles. The second-order valence-corrected chi connectivity index (χ2v) is 10.3. The fourth-order valence-electron chi connectivity index (χ4n) is 5.97. The zero-order valence-electron chi connectivity index (χ0n) is 19.1. The summed E-state index contributed by atoms with van der Waals surface area (Å²) in [5, 5.41) is 3.71. The van der Waals surface area contributed by atoms with Gasteiger partial charge < -0.3 is 19.8 Å². The van der Waals surface area contributed by atoms with Crippen LogP contribution in [0.25, 0.3) is 10.9 Å². The SMILES string of the molecule is COC(=O)c1[nH]c2cc(OC)ccc2c1NC(=O)CCN1CC2(C)CC1CC(C)(C)C2. The van der Waals surface area contributed by atoms with Crippen LogP contribution < -0.4 is 10.1 Å². The Balaban J connectivity index is 1.48. The molecule has 2 N–H and O–H groups in total. The van der Waals surface area contributed by atoms with Gasteiger partial charge in [-0.25, -0.2) is 4.79 Å². The molecule has 2 atom stereocenters. The number of H-pyrrole nitrogens is 1. The molecule has 7 nitrogen and oxygen atoms in total. The highest BCUT2D eigenvalue weighted by atomic mass is 16.5. The Morgan fingerprint density at radius 1 is 1.23 bits per heavy atom. The van der Waals surface area contributed by atoms with Gasteiger partial charge in [0.05, 0.1) is 25.4 Å². The molecule has 0 spiro atoms. The molecule has 4 rings (SSSR count). The van der Waals surface area contributed by atoms with Crippen LogP contribution in [0.15, 0.2) is 18.2 Å². The van der Waals surface area contributed by atoms with Gasteiger partial charge in [-0.3, -0.25) is 9.69 Å². The Morgan fingerprint density at radius 3 is 2.71 bits per heavy atom. The third-order valence-corrected chi connectivity index (χ3v) is 6.81. The average Bonchev–Trinajstić information content (AvgIpc) is 3.18. The maximum Gasteiger partial charge on any atom is 0.356 e. The van der Waals surface area contributed by atoms with Crippen LogP contribution in [0.5, 0.6) is 5.75 Å². The molecule has 1 aromatic carbocycles. The highest BCUT2D eigenvalue weighted by molar-refractivity contribution is 6.11. The Hall–Kier alpha value is -2.54. The summed E-state index contributed by atoms with van der Waals surface area (Å²) < 4.78 is 10.2. The van der Waals surface area contributed by atoms with E-state index < -0.39 is 5.97 Å². The van der Waals surface area contributed by atoms with Crippen LogP contribution in [-0.2, 0) is 9.53 Å². The van der Waals surface area contributed by atoms with Gasteiger partial charge in [-0.15, -0.1) is 0 Å². The standard InChI is InChI=1S/C24H33N3O4/c1-23(2)11-15-12-24(3,13-23)14-27(15)9-8-19(28)26-20-17-7-6-16(30-4)10-18(17)25-21(20)22(29)31-5/h6-7,10,15,25H,8-9,11-14H2,1-5H3,(H,26,28). The van der Waals surface area contributed by atoms with Gasteiger partial charge in [0.1, 0.15) is 11.4 Å². The Labute approximate surface area is 183 Å². The number of anilines is 1. The summed E-state index contributed by atoms with van der Waals surface area (Å²) in [5.41, 5.74) is 2.11. The van der Waals surface area contributed by atoms with E-state index in [1.807, 2.05) is 6.07 Å². The maximum atomic E-state index is 12.9. The number of rotatable bonds is 6. The summed E-state index contributed by atoms with van der Waals surface area (Å²) in [6.45, 7) is 8.87. The number of aromatic nitrogens is 1. The summed E-state index contributed by atoms with van der Waals surface area (Å²) >= 11 is 0. The van der Waals surface area contributed by atoms with Crippen LogP contribution in [0.4, 0.5) is 5.69 Å². The van der Waals surface area contributed by atoms with Crippen molar-refractivity contribution in [2.75, 3.05) is 32.6 Å². The monoisotopic (exact) mass is 427 g/mol. The van der Waals surface area contributed by atoms with Gasteiger partial charge in [0, 0.05) is 37.0 Å². The summed E-state index contributed by atoms with van der Waals surface area (Å²) in [5.74, 6) is 0.0429. The number of methoxy groups -OCH3 is 2. The van der Waals surface area contributed by atoms with Crippen LogP contribution in [0.3, 0.4) is 0 Å². The Morgan fingerprint density at radius 2 is 2.00 bits per heavy atom. The molecule has 1 saturated heterocycles. The first-order valence-corrected chi connectivity index (χ1v) is 10.9. The highest BCUT2D eigenvalue weighted by Gasteiger charge is 2.49. The van der Waals surface area contributed by atoms with Gasteiger partial charge in [0.25, 0.3) is 0 Å². The molecule has 2 bridgehead atoms. The topological polar surface area (TPSA) is 83.7 Å². The minimum Gasteiger partial charge on any atom is -0.497 e. The third kappa shape index (κ3) is 4.28. The molecule has 2 unspecified atom stereocenters. The van der Waals surface area contributed by atoms with Crippen molar-refractivity contribution in [1.29, 1.82) is 0 Å². The van der Waals surface area contributed by atoms with Crippen molar-refractivity contribution in [2.45, 2.75) is 52.5 Å². The Bertz CT molecular complexity index is 1010. The minimum atomic E-state index is -0.519. The van der Waals surface area contributed by atoms with Gasteiger partial charge in [-0.1, -0.05) is 20.8 Å². The summed E-state index contributed by atoms with van der Waals surface area (Å²) in [4.78, 5) is 30.7. The number of likely N-dealkylation sites (tertiary alicyclic amines) is 1. The van der Waals surface area contributed by atoms with Crippen LogP contribution >= 0.6 is 0 Å². The van der Waals surface area contributed by atoms with E-state index in [-0.39, 0.29) is 11.6 Å². The number of amides is 1. The quantitative estimate of drug-likeness (QED) is 0.676. The Kier molecular flexibility index (Phi) is 5.50. The molecular formula is C24H33N3O4. The molecule has 2 aromatic rings. The number of hydrogen-bond acceptors (Lipinski definition) is 5. The zero-order valence-corrected chi connectivity index (χ0v) is 19.1. The van der Waals surface area contributed by atoms with Crippen LogP contribution in [0.1, 0.15) is 56.9 Å². The molecule has 7 heteroatoms. The lowest BCUT2D eigenvalue weighted by Crippen LogP contribution is -2.35. The van der Waals surface area contributed by atoms with E-state index in [1.54, 1.807) is 19.2 Å². The number of nitrogens with one attached hydrogen (secondary N) is 2. The molecule has 2 heterocycles. The lowest BCUT2D eigenvalue weighted by atomic mass is 9.65. The third-order valence-electron chi connectivity index (χ3n) is 6.81. The highest BCUT2D eigenvalue weighted by Crippen LogP contribution is 2.52. The number of hydrogen-bond donors (Lipinski definition) is 2. The van der Waals surface area contributed by atoms with E-state index in [2.05, 4.69) is 36.0 Å². The molecule has 0 radical (unpaired) electrons. The molecule has 1 aliphatic heterocycles. The fourth-order valence-corrected chi connectivity index (χ4v) is 5.97. The number of carbonyl (C=O) groups excluding carboxylic acids is 2. The molecule has 1 aromatic heterocycles. The predicted molar refractivity (Wildman–Crippen MR) is 121 cm³/mol. The molecular weight excluding hydrogens is 394 g/mol. The molecule has 2 fully saturated rings. The van der Waals surface area contributed by atoms with E-state index >= 15 is 0 Å². The average molecular weight is 428 g/mol. The lowest BCUT2D eigenvalue weighted by Gasteiger charge is -2.39. The van der Waals surface area contributed by atoms with E-state index in [0.29, 0.717) is 40.2 Å². The zero-order chi connectivity index (χ0) is 22.4. The van der Waals surface area contributed by atoms with Crippen LogP contribution in [0.2, 0.25) is 0 Å². The van der Waals surface area contributed by atoms with Gasteiger partial charge in [0.15, 0.2) is 0 Å². The number of nitrogens with zero attached hydrogens (tertiary/aromatic N) is 1. The van der Waals surface area contributed by atoms with Gasteiger partial charge >= 0.3 is 5.97 Å². The summed E-state index contributed by atoms with van der Waals surface area (Å²) in [6, 6.07) is 5.98. The van der Waals surface area contributed by atoms with Gasteiger partial charge in [0.2, 0.25) is 5.91 Å². The predicted octanol–water partition coefficient (Wildman–Crippen LogP) is 4.19. The van der Waals surface area contributed by atoms with E-state index in [4.69, 9.17) is 9.47 Å². The first-order chi connectivity index (χ1) is 14.6. The summed E-state index contributed by atoms with van der Waals surface area (Å²) in [7, 11) is 2.91. The summed E-state index contributed by atoms with van der Waals surface area (Å²) in [6.07, 6.45) is 4.02. The van der Waals surface area contributed by atoms with E-state index in [1.165, 1.54) is 26.4 Å². The largest absolute Gasteiger partial charge is 0.497 e. The van der Waals surface area contributed by atoms with Crippen LogP contribution in [-0.4, -0.2) is 55.1 Å². The normalized spacial score (nSPS) is 24.9. The van der Waals surface area contributed by atoms with Crippen molar-refractivity contribution in [2.24, 2.45) is 10.8 Å². The van der Waals surface area contributed by atoms with Crippen molar-refractivity contribution < 1.29 is 19.1 Å². The van der Waals surface area contributed by atoms with Gasteiger partial charge in [-0.2, -0.15) is 0 Å². The van der Waals surface area contributed by atoms with Crippen LogP contribution in [0, 0.1) is 10.8 Å². The van der Waals surface area contributed by atoms with E-state index in [0.717, 1.165) is 18.5 Å². The number of ether oxygens (including phenoxy) is 2. The van der Waals surface area contributed by atoms with Crippen molar-refractivity contribution in [3.05, 3.63) is 23.9 Å². The number of esters is 1. The first-order valence-electron chi connectivity index (χ1n) is 10.9. The van der Waals surface area contributed by atoms with Crippen molar-refractivity contribution in [1.82, 2.24) is 9.88 Å². The van der Waals surface area contributed by atoms with Crippen molar-refractivity contribution >= 4 is 28.5 Å². The molecule has 168 valence electrons. The van der Waals surface area contributed by atoms with Crippen molar-refractivity contribution in [3.63, 3.8) is 0 Å². The number of benzene rings is 1. The fraction of sp³-hybridized carbons (Fsp3) is 0.583. The number of fused-ring (bicyclic) bond motifs is 3. The lowest BCUT2D eigenvalue weighted by molar-refractivity contribution is -0.116. The molecule has 31 heavy (non-hydrogen) atoms. The first kappa shape index (κ1) is 21.7. The van der Waals surface area contributed by atoms with Crippen molar-refractivity contribution in [3.8, 4) is 5.75 Å². The van der Waals surface area contributed by atoms with E-state index in [9.17, 15) is 9.59 Å². The second kappa shape index (κ2) is 7.86. The molecule has 1 saturated carbocycles. The number of carbonyl (C=O) groups is 2. The molecule has 1 amide bonds. The molecule has 2 aliphatic rings.